The van der Waals surface area contributed by atoms with Crippen molar-refractivity contribution in [3.8, 4) is 5.75 Å². The Labute approximate surface area is 151 Å². The van der Waals surface area contributed by atoms with Crippen LogP contribution in [0.2, 0.25) is 0 Å². The zero-order chi connectivity index (χ0) is 18.2. The van der Waals surface area contributed by atoms with E-state index in [1.54, 1.807) is 0 Å². The first-order valence-corrected chi connectivity index (χ1v) is 9.23. The van der Waals surface area contributed by atoms with Gasteiger partial charge in [-0.2, -0.15) is 0 Å². The highest BCUT2D eigenvalue weighted by molar-refractivity contribution is 5.69. The monoisotopic (exact) mass is 352 g/mol. The number of esters is 1. The number of hydrogen-bond acceptors (Lipinski definition) is 5. The van der Waals surface area contributed by atoms with Gasteiger partial charge in [0, 0.05) is 6.61 Å². The number of ether oxygens (including phenoxy) is 4. The van der Waals surface area contributed by atoms with Crippen molar-refractivity contribution in [3.05, 3.63) is 29.8 Å². The lowest BCUT2D eigenvalue weighted by atomic mass is 10.2. The van der Waals surface area contributed by atoms with Crippen molar-refractivity contribution in [2.24, 2.45) is 0 Å². The van der Waals surface area contributed by atoms with E-state index in [2.05, 4.69) is 6.92 Å². The van der Waals surface area contributed by atoms with Gasteiger partial charge in [-0.1, -0.05) is 43.9 Å². The molecule has 0 N–H and O–H groups in total. The molecule has 0 saturated carbocycles. The average Bonchev–Trinajstić information content (AvgIpc) is 2.61. The van der Waals surface area contributed by atoms with E-state index in [4.69, 9.17) is 18.9 Å². The fourth-order valence-electron chi connectivity index (χ4n) is 2.13. The van der Waals surface area contributed by atoms with Crippen LogP contribution >= 0.6 is 0 Å². The molecule has 0 atom stereocenters. The molecule has 0 fully saturated rings. The molecular formula is C20H32O5. The van der Waals surface area contributed by atoms with Gasteiger partial charge in [-0.25, -0.2) is 0 Å². The second-order valence-electron chi connectivity index (χ2n) is 5.92. The van der Waals surface area contributed by atoms with Gasteiger partial charge in [-0.15, -0.1) is 0 Å². The molecule has 0 spiro atoms. The first-order chi connectivity index (χ1) is 12.2. The maximum atomic E-state index is 11.6. The van der Waals surface area contributed by atoms with E-state index in [9.17, 15) is 4.79 Å². The molecule has 0 amide bonds. The normalized spacial score (nSPS) is 10.6. The maximum Gasteiger partial charge on any atom is 0.309 e. The highest BCUT2D eigenvalue weighted by atomic mass is 16.6. The first kappa shape index (κ1) is 21.5. The van der Waals surface area contributed by atoms with E-state index in [0.717, 1.165) is 18.8 Å². The molecule has 1 aromatic carbocycles. The number of rotatable bonds is 15. The highest BCUT2D eigenvalue weighted by Crippen LogP contribution is 2.11. The minimum absolute atomic E-state index is 0.231. The Balaban J connectivity index is 1.86. The summed E-state index contributed by atoms with van der Waals surface area (Å²) < 4.78 is 21.4. The Bertz CT molecular complexity index is 444. The quantitative estimate of drug-likeness (QED) is 0.354. The van der Waals surface area contributed by atoms with Gasteiger partial charge in [-0.3, -0.25) is 4.79 Å². The molecule has 0 bridgehead atoms. The van der Waals surface area contributed by atoms with Crippen LogP contribution in [0.15, 0.2) is 24.3 Å². The largest absolute Gasteiger partial charge is 0.493 e. The minimum atomic E-state index is -0.275. The van der Waals surface area contributed by atoms with Crippen LogP contribution in [0.3, 0.4) is 0 Å². The fraction of sp³-hybridized carbons (Fsp3) is 0.650. The van der Waals surface area contributed by atoms with Gasteiger partial charge in [-0.05, 0) is 25.5 Å². The summed E-state index contributed by atoms with van der Waals surface area (Å²) in [6.07, 6.45) is 5.06. The van der Waals surface area contributed by atoms with Gasteiger partial charge in [0.2, 0.25) is 0 Å². The predicted molar refractivity (Wildman–Crippen MR) is 98.0 cm³/mol. The first-order valence-electron chi connectivity index (χ1n) is 9.23. The lowest BCUT2D eigenvalue weighted by molar-refractivity contribution is -0.145. The van der Waals surface area contributed by atoms with Crippen LogP contribution < -0.4 is 4.74 Å². The summed E-state index contributed by atoms with van der Waals surface area (Å²) in [7, 11) is 0. The third kappa shape index (κ3) is 12.4. The third-order valence-corrected chi connectivity index (χ3v) is 3.60. The van der Waals surface area contributed by atoms with Crippen LogP contribution in [0, 0.1) is 6.92 Å². The average molecular weight is 352 g/mol. The molecule has 142 valence electrons. The summed E-state index contributed by atoms with van der Waals surface area (Å²) in [4.78, 5) is 11.6. The van der Waals surface area contributed by atoms with Crippen molar-refractivity contribution in [1.82, 2.24) is 0 Å². The molecule has 0 aliphatic carbocycles. The lowest BCUT2D eigenvalue weighted by Crippen LogP contribution is -2.15. The Morgan fingerprint density at radius 3 is 2.24 bits per heavy atom. The molecule has 0 saturated heterocycles. The van der Waals surface area contributed by atoms with E-state index < -0.39 is 0 Å². The second-order valence-corrected chi connectivity index (χ2v) is 5.92. The van der Waals surface area contributed by atoms with E-state index in [-0.39, 0.29) is 19.0 Å². The number of hydrogen-bond donors (Lipinski definition) is 0. The summed E-state index contributed by atoms with van der Waals surface area (Å²) in [6.45, 7) is 7.09. The van der Waals surface area contributed by atoms with Crippen LogP contribution in [0.5, 0.6) is 5.75 Å². The van der Waals surface area contributed by atoms with Gasteiger partial charge < -0.3 is 18.9 Å². The molecule has 0 radical (unpaired) electrons. The van der Waals surface area contributed by atoms with Crippen LogP contribution in [0.25, 0.3) is 0 Å². The zero-order valence-corrected chi connectivity index (χ0v) is 15.6. The van der Waals surface area contributed by atoms with Crippen molar-refractivity contribution in [3.63, 3.8) is 0 Å². The molecule has 0 heterocycles. The number of benzene rings is 1. The summed E-state index contributed by atoms with van der Waals surface area (Å²) >= 11 is 0. The number of aryl methyl sites for hydroxylation is 1. The van der Waals surface area contributed by atoms with E-state index >= 15 is 0 Å². The molecule has 0 unspecified atom stereocenters. The topological polar surface area (TPSA) is 54.0 Å². The SMILES string of the molecule is CCCCCCOCCOCCOC(=O)CCOc1ccc(C)cc1. The lowest BCUT2D eigenvalue weighted by Gasteiger charge is -2.08. The molecule has 0 aliphatic rings. The molecular weight excluding hydrogens is 320 g/mol. The molecule has 5 heteroatoms. The van der Waals surface area contributed by atoms with Crippen LogP contribution in [0.4, 0.5) is 0 Å². The smallest absolute Gasteiger partial charge is 0.309 e. The van der Waals surface area contributed by atoms with Crippen LogP contribution in [0.1, 0.15) is 44.6 Å². The molecule has 25 heavy (non-hydrogen) atoms. The Morgan fingerprint density at radius 2 is 1.52 bits per heavy atom. The van der Waals surface area contributed by atoms with Gasteiger partial charge in [0.1, 0.15) is 12.4 Å². The third-order valence-electron chi connectivity index (χ3n) is 3.60. The number of carbonyl (C=O) groups is 1. The van der Waals surface area contributed by atoms with Crippen molar-refractivity contribution in [2.75, 3.05) is 39.6 Å². The minimum Gasteiger partial charge on any atom is -0.493 e. The molecule has 1 rings (SSSR count). The van der Waals surface area contributed by atoms with Crippen LogP contribution in [-0.2, 0) is 19.0 Å². The standard InChI is InChI=1S/C20H32O5/c1-3-4-5-6-12-22-14-15-23-16-17-25-20(21)11-13-24-19-9-7-18(2)8-10-19/h7-10H,3-6,11-17H2,1-2H3. The van der Waals surface area contributed by atoms with Crippen molar-refractivity contribution >= 4 is 5.97 Å². The number of unbranched alkanes of at least 4 members (excludes halogenated alkanes) is 3. The zero-order valence-electron chi connectivity index (χ0n) is 15.6. The maximum absolute atomic E-state index is 11.6. The summed E-state index contributed by atoms with van der Waals surface area (Å²) in [5.41, 5.74) is 1.17. The van der Waals surface area contributed by atoms with Crippen molar-refractivity contribution in [1.29, 1.82) is 0 Å². The Hall–Kier alpha value is -1.59. The van der Waals surface area contributed by atoms with Gasteiger partial charge >= 0.3 is 5.97 Å². The van der Waals surface area contributed by atoms with Gasteiger partial charge in [0.05, 0.1) is 32.8 Å². The Kier molecular flexibility index (Phi) is 12.6. The molecule has 0 aliphatic heterocycles. The predicted octanol–water partition coefficient (Wildman–Crippen LogP) is 3.92. The summed E-state index contributed by atoms with van der Waals surface area (Å²) in [5.74, 6) is 0.485. The van der Waals surface area contributed by atoms with Gasteiger partial charge in [0.25, 0.3) is 0 Å². The molecule has 1 aromatic rings. The van der Waals surface area contributed by atoms with E-state index in [1.165, 1.54) is 24.8 Å². The Morgan fingerprint density at radius 1 is 0.840 bits per heavy atom. The van der Waals surface area contributed by atoms with Gasteiger partial charge in [0.15, 0.2) is 0 Å². The van der Waals surface area contributed by atoms with Crippen LogP contribution in [-0.4, -0.2) is 45.6 Å². The molecule has 0 aromatic heterocycles. The van der Waals surface area contributed by atoms with E-state index in [0.29, 0.717) is 26.4 Å². The molecule has 5 nitrogen and oxygen atoms in total. The second kappa shape index (κ2) is 14.7. The van der Waals surface area contributed by atoms with Crippen molar-refractivity contribution < 1.29 is 23.7 Å². The summed E-state index contributed by atoms with van der Waals surface area (Å²) in [5, 5.41) is 0. The summed E-state index contributed by atoms with van der Waals surface area (Å²) in [6, 6.07) is 7.72. The fourth-order valence-corrected chi connectivity index (χ4v) is 2.13. The van der Waals surface area contributed by atoms with E-state index in [1.807, 2.05) is 31.2 Å². The highest BCUT2D eigenvalue weighted by Gasteiger charge is 2.03. The number of carbonyl (C=O) groups excluding carboxylic acids is 1. The van der Waals surface area contributed by atoms with Crippen molar-refractivity contribution in [2.45, 2.75) is 46.0 Å².